The van der Waals surface area contributed by atoms with E-state index < -0.39 is 41.6 Å². The molecule has 1 unspecified atom stereocenters. The zero-order valence-electron chi connectivity index (χ0n) is 24.7. The minimum absolute atomic E-state index is 0.0383. The maximum atomic E-state index is 13.9. The number of ether oxygens (including phenoxy) is 5. The van der Waals surface area contributed by atoms with Crippen molar-refractivity contribution in [2.75, 3.05) is 13.2 Å². The number of carbonyl (C=O) groups excluding carboxylic acids is 1. The lowest BCUT2D eigenvalue weighted by atomic mass is 9.71. The molecule has 9 heteroatoms. The molecule has 228 valence electrons. The Hall–Kier alpha value is -1.59. The summed E-state index contributed by atoms with van der Waals surface area (Å²) >= 11 is 0. The Morgan fingerprint density at radius 1 is 1.12 bits per heavy atom. The Bertz CT molecular complexity index is 1120. The molecule has 41 heavy (non-hydrogen) atoms. The largest absolute Gasteiger partial charge is 0.462 e. The first-order chi connectivity index (χ1) is 19.5. The topological polar surface area (TPSA) is 127 Å². The van der Waals surface area contributed by atoms with Crippen molar-refractivity contribution in [3.8, 4) is 0 Å². The smallest absolute Gasteiger partial charge is 0.316 e. The van der Waals surface area contributed by atoms with Gasteiger partial charge >= 0.3 is 5.97 Å². The van der Waals surface area contributed by atoms with Gasteiger partial charge in [-0.25, -0.2) is 0 Å². The molecular formula is C32H46O9. The van der Waals surface area contributed by atoms with Crippen LogP contribution in [0.1, 0.15) is 72.6 Å². The SMILES string of the molecule is CCC1O[C@]2(CC[C@@H]1CO)C[C@@H]1C[C@@H](C[C@@H]3O[C@@]3(C)C[C@@H](C)/C=C/C=C3\CO[C@@H]4[C@H](O)C(C)=C[C@@H](C(=O)O1)[C@]34O)O2. The Morgan fingerprint density at radius 2 is 1.93 bits per heavy atom. The van der Waals surface area contributed by atoms with Gasteiger partial charge in [-0.15, -0.1) is 0 Å². The lowest BCUT2D eigenvalue weighted by molar-refractivity contribution is -0.338. The van der Waals surface area contributed by atoms with Crippen molar-refractivity contribution >= 4 is 5.97 Å². The van der Waals surface area contributed by atoms with E-state index >= 15 is 0 Å². The lowest BCUT2D eigenvalue weighted by Crippen LogP contribution is -2.58. The van der Waals surface area contributed by atoms with E-state index in [0.717, 1.165) is 19.3 Å². The van der Waals surface area contributed by atoms with Gasteiger partial charge in [0.05, 0.1) is 30.5 Å². The number of allylic oxidation sites excluding steroid dienone is 3. The molecule has 6 rings (SSSR count). The van der Waals surface area contributed by atoms with Crippen LogP contribution in [0.25, 0.3) is 0 Å². The molecule has 0 aromatic rings. The van der Waals surface area contributed by atoms with E-state index in [0.29, 0.717) is 36.8 Å². The summed E-state index contributed by atoms with van der Waals surface area (Å²) < 4.78 is 31.7. The molecule has 2 bridgehead atoms. The molecule has 1 spiro atoms. The van der Waals surface area contributed by atoms with Crippen LogP contribution in [-0.2, 0) is 28.5 Å². The molecule has 6 aliphatic rings. The quantitative estimate of drug-likeness (QED) is 0.259. The van der Waals surface area contributed by atoms with Crippen molar-refractivity contribution in [1.29, 1.82) is 0 Å². The van der Waals surface area contributed by atoms with Gasteiger partial charge in [0.15, 0.2) is 5.79 Å². The molecule has 1 aliphatic carbocycles. The van der Waals surface area contributed by atoms with Gasteiger partial charge in [0, 0.05) is 38.2 Å². The number of hydrogen-bond acceptors (Lipinski definition) is 9. The van der Waals surface area contributed by atoms with Crippen LogP contribution in [0.4, 0.5) is 0 Å². The summed E-state index contributed by atoms with van der Waals surface area (Å²) in [6, 6.07) is 0. The van der Waals surface area contributed by atoms with Gasteiger partial charge in [-0.05, 0) is 50.2 Å². The maximum Gasteiger partial charge on any atom is 0.316 e. The van der Waals surface area contributed by atoms with E-state index in [4.69, 9.17) is 23.7 Å². The fourth-order valence-electron chi connectivity index (χ4n) is 8.03. The van der Waals surface area contributed by atoms with Gasteiger partial charge in [0.25, 0.3) is 0 Å². The van der Waals surface area contributed by atoms with Crippen LogP contribution in [-0.4, -0.2) is 88.1 Å². The zero-order valence-corrected chi connectivity index (χ0v) is 24.7. The minimum Gasteiger partial charge on any atom is -0.462 e. The Balaban J connectivity index is 1.35. The van der Waals surface area contributed by atoms with Gasteiger partial charge in [-0.2, -0.15) is 0 Å². The predicted octanol–water partition coefficient (Wildman–Crippen LogP) is 3.11. The first-order valence-corrected chi connectivity index (χ1v) is 15.4. The molecule has 9 nitrogen and oxygen atoms in total. The lowest BCUT2D eigenvalue weighted by Gasteiger charge is -2.50. The van der Waals surface area contributed by atoms with E-state index in [1.165, 1.54) is 0 Å². The molecule has 0 radical (unpaired) electrons. The molecule has 0 aromatic heterocycles. The van der Waals surface area contributed by atoms with Crippen LogP contribution >= 0.6 is 0 Å². The number of aliphatic hydroxyl groups is 3. The summed E-state index contributed by atoms with van der Waals surface area (Å²) in [4.78, 5) is 13.9. The van der Waals surface area contributed by atoms with Crippen molar-refractivity contribution in [3.05, 3.63) is 35.5 Å². The Kier molecular flexibility index (Phi) is 7.80. The third kappa shape index (κ3) is 5.26. The van der Waals surface area contributed by atoms with E-state index in [1.54, 1.807) is 13.0 Å². The molecular weight excluding hydrogens is 528 g/mol. The third-order valence-corrected chi connectivity index (χ3v) is 10.4. The first kappa shape index (κ1) is 29.5. The van der Waals surface area contributed by atoms with E-state index in [1.807, 2.05) is 19.1 Å². The van der Waals surface area contributed by atoms with Gasteiger partial charge < -0.3 is 39.0 Å². The van der Waals surface area contributed by atoms with Crippen LogP contribution < -0.4 is 0 Å². The van der Waals surface area contributed by atoms with Crippen LogP contribution in [0.2, 0.25) is 0 Å². The van der Waals surface area contributed by atoms with Crippen molar-refractivity contribution in [2.24, 2.45) is 17.8 Å². The number of esters is 1. The summed E-state index contributed by atoms with van der Waals surface area (Å²) in [5, 5.41) is 32.9. The maximum absolute atomic E-state index is 13.9. The Labute approximate surface area is 242 Å². The van der Waals surface area contributed by atoms with Crippen LogP contribution in [0.3, 0.4) is 0 Å². The molecule has 0 saturated carbocycles. The average Bonchev–Trinajstić information content (AvgIpc) is 3.40. The second-order valence-electron chi connectivity index (χ2n) is 13.5. The molecule has 0 aromatic carbocycles. The second-order valence-corrected chi connectivity index (χ2v) is 13.5. The van der Waals surface area contributed by atoms with Gasteiger partial charge in [-0.3, -0.25) is 4.79 Å². The van der Waals surface area contributed by atoms with Crippen LogP contribution in [0.15, 0.2) is 35.5 Å². The summed E-state index contributed by atoms with van der Waals surface area (Å²) in [5.41, 5.74) is -0.865. The summed E-state index contributed by atoms with van der Waals surface area (Å²) in [5.74, 6) is -2.22. The molecule has 4 saturated heterocycles. The highest BCUT2D eigenvalue weighted by atomic mass is 16.7. The van der Waals surface area contributed by atoms with Crippen LogP contribution in [0, 0.1) is 17.8 Å². The monoisotopic (exact) mass is 574 g/mol. The molecule has 5 heterocycles. The number of carbonyl (C=O) groups is 1. The highest BCUT2D eigenvalue weighted by Gasteiger charge is 2.60. The minimum atomic E-state index is -1.72. The molecule has 4 fully saturated rings. The molecule has 3 N–H and O–H groups in total. The normalized spacial score (nSPS) is 52.0. The number of fused-ring (bicyclic) bond motifs is 3. The number of rotatable bonds is 2. The zero-order chi connectivity index (χ0) is 29.2. The molecule has 0 amide bonds. The standard InChI is InChI=1S/C32H46O9/c1-5-25-20(16-33)9-10-31(40-25)15-23-12-22(39-31)13-26-30(4,41-26)14-18(2)7-6-8-21-17-37-28-27(34)19(3)11-24(29(35)38-23)32(21,28)36/h6-8,11,18,20,22-28,33-34,36H,5,9-10,12-17H2,1-4H3/b7-6+,21-8+/t18-,20+,22-,23-,24-,25?,26-,27+,28+,30-,31+,32+/m0/s1. The molecule has 5 aliphatic heterocycles. The molecule has 12 atom stereocenters. The third-order valence-electron chi connectivity index (χ3n) is 10.4. The fourth-order valence-corrected chi connectivity index (χ4v) is 8.03. The van der Waals surface area contributed by atoms with Crippen LogP contribution in [0.5, 0.6) is 0 Å². The second kappa shape index (κ2) is 10.8. The van der Waals surface area contributed by atoms with Crippen molar-refractivity contribution in [1.82, 2.24) is 0 Å². The number of epoxide rings is 1. The van der Waals surface area contributed by atoms with E-state index in [9.17, 15) is 20.1 Å². The van der Waals surface area contributed by atoms with Crippen molar-refractivity contribution < 1.29 is 43.8 Å². The van der Waals surface area contributed by atoms with E-state index in [2.05, 4.69) is 19.9 Å². The van der Waals surface area contributed by atoms with Gasteiger partial charge in [-0.1, -0.05) is 38.2 Å². The Morgan fingerprint density at radius 3 is 2.68 bits per heavy atom. The number of aliphatic hydroxyl groups excluding tert-OH is 2. The summed E-state index contributed by atoms with van der Waals surface area (Å²) in [6.07, 6.45) is 9.12. The summed E-state index contributed by atoms with van der Waals surface area (Å²) in [6.45, 7) is 8.25. The van der Waals surface area contributed by atoms with Crippen molar-refractivity contribution in [3.63, 3.8) is 0 Å². The highest BCUT2D eigenvalue weighted by Crippen LogP contribution is 2.50. The van der Waals surface area contributed by atoms with E-state index in [-0.39, 0.29) is 49.0 Å². The average molecular weight is 575 g/mol. The predicted molar refractivity (Wildman–Crippen MR) is 149 cm³/mol. The summed E-state index contributed by atoms with van der Waals surface area (Å²) in [7, 11) is 0. The van der Waals surface area contributed by atoms with Gasteiger partial charge in [0.1, 0.15) is 29.8 Å². The van der Waals surface area contributed by atoms with Crippen molar-refractivity contribution in [2.45, 2.75) is 126 Å². The van der Waals surface area contributed by atoms with Gasteiger partial charge in [0.2, 0.25) is 0 Å². The number of hydrogen-bond donors (Lipinski definition) is 3. The fraction of sp³-hybridized carbons (Fsp3) is 0.781. The highest BCUT2D eigenvalue weighted by molar-refractivity contribution is 5.78. The first-order valence-electron chi connectivity index (χ1n) is 15.4.